The zero-order valence-corrected chi connectivity index (χ0v) is 7.10. The maximum atomic E-state index is 12.8. The highest BCUT2D eigenvalue weighted by atomic mass is 79.9. The first kappa shape index (κ1) is 8.49. The maximum Gasteiger partial charge on any atom is 0.179 e. The molecule has 0 aromatic heterocycles. The van der Waals surface area contributed by atoms with E-state index in [9.17, 15) is 4.39 Å². The molecule has 1 rings (SSSR count). The van der Waals surface area contributed by atoms with Gasteiger partial charge in [0, 0.05) is 5.56 Å². The largest absolute Gasteiger partial charge is 0.505 e. The smallest absolute Gasteiger partial charge is 0.179 e. The molecule has 2 nitrogen and oxygen atoms in total. The number of hydrogen-bond donors (Lipinski definition) is 2. The molecule has 2 N–H and O–H groups in total. The number of hydrogen-bond acceptors (Lipinski definition) is 2. The summed E-state index contributed by atoms with van der Waals surface area (Å²) in [6.07, 6.45) is 0. The van der Waals surface area contributed by atoms with E-state index in [1.807, 2.05) is 0 Å². The maximum absolute atomic E-state index is 12.8. The van der Waals surface area contributed by atoms with Crippen LogP contribution >= 0.6 is 15.9 Å². The van der Waals surface area contributed by atoms with Gasteiger partial charge in [0.05, 0.1) is 11.1 Å². The van der Waals surface area contributed by atoms with E-state index >= 15 is 0 Å². The molecule has 0 amide bonds. The lowest BCUT2D eigenvalue weighted by Crippen LogP contribution is -1.87. The fourth-order valence-electron chi connectivity index (χ4n) is 0.708. The van der Waals surface area contributed by atoms with Gasteiger partial charge in [0.1, 0.15) is 0 Å². The molecule has 0 fully saturated rings. The number of aromatic hydroxyl groups is 1. The minimum absolute atomic E-state index is 0.186. The Bertz CT molecular complexity index is 275. The molecule has 0 aliphatic rings. The molecule has 1 aromatic rings. The van der Waals surface area contributed by atoms with E-state index in [2.05, 4.69) is 15.9 Å². The van der Waals surface area contributed by atoms with Crippen LogP contribution in [0.15, 0.2) is 16.6 Å². The Balaban J connectivity index is 3.25. The Hall–Kier alpha value is -0.610. The molecule has 4 heteroatoms. The van der Waals surface area contributed by atoms with E-state index in [-0.39, 0.29) is 16.6 Å². The van der Waals surface area contributed by atoms with Crippen LogP contribution < -0.4 is 0 Å². The molecule has 0 radical (unpaired) electrons. The lowest BCUT2D eigenvalue weighted by Gasteiger charge is -2.02. The normalized spacial score (nSPS) is 10.1. The summed E-state index contributed by atoms with van der Waals surface area (Å²) < 4.78 is 13.0. The molecule has 0 heterocycles. The van der Waals surface area contributed by atoms with Crippen molar-refractivity contribution < 1.29 is 14.6 Å². The summed E-state index contributed by atoms with van der Waals surface area (Å²) in [5.41, 5.74) is 0.186. The third kappa shape index (κ3) is 1.52. The second-order valence-corrected chi connectivity index (χ2v) is 2.88. The zero-order chi connectivity index (χ0) is 8.43. The molecule has 0 saturated heterocycles. The van der Waals surface area contributed by atoms with E-state index in [4.69, 9.17) is 10.2 Å². The number of phenols is 1. The summed E-state index contributed by atoms with van der Waals surface area (Å²) >= 11 is 2.89. The minimum atomic E-state index is -0.739. The van der Waals surface area contributed by atoms with E-state index in [0.29, 0.717) is 0 Å². The Morgan fingerprint density at radius 3 is 2.64 bits per heavy atom. The van der Waals surface area contributed by atoms with Crippen LogP contribution in [0.2, 0.25) is 0 Å². The van der Waals surface area contributed by atoms with E-state index in [1.54, 1.807) is 0 Å². The fourth-order valence-corrected chi connectivity index (χ4v) is 1.03. The standard InChI is InChI=1S/C7H6BrFO2/c8-5-2-1-4(3-10)7(11)6(5)9/h1-2,10-11H,3H2. The Morgan fingerprint density at radius 1 is 1.45 bits per heavy atom. The number of rotatable bonds is 1. The van der Waals surface area contributed by atoms with E-state index in [1.165, 1.54) is 12.1 Å². The molecule has 0 aliphatic carbocycles. The average Bonchev–Trinajstić information content (AvgIpc) is 2.01. The molecule has 1 aromatic carbocycles. The molecule has 11 heavy (non-hydrogen) atoms. The van der Waals surface area contributed by atoms with Crippen LogP contribution in [0.1, 0.15) is 5.56 Å². The number of benzene rings is 1. The van der Waals surface area contributed by atoms with Crippen molar-refractivity contribution in [1.29, 1.82) is 0 Å². The van der Waals surface area contributed by atoms with Crippen LogP contribution in [0.25, 0.3) is 0 Å². The topological polar surface area (TPSA) is 40.5 Å². The molecule has 0 bridgehead atoms. The third-order valence-electron chi connectivity index (χ3n) is 1.32. The highest BCUT2D eigenvalue weighted by Gasteiger charge is 2.08. The highest BCUT2D eigenvalue weighted by Crippen LogP contribution is 2.27. The number of halogens is 2. The SMILES string of the molecule is OCc1ccc(Br)c(F)c1O. The van der Waals surface area contributed by atoms with Gasteiger partial charge < -0.3 is 10.2 Å². The molecule has 60 valence electrons. The van der Waals surface area contributed by atoms with Crippen molar-refractivity contribution in [3.05, 3.63) is 28.0 Å². The van der Waals surface area contributed by atoms with Crippen molar-refractivity contribution in [2.75, 3.05) is 0 Å². The Kier molecular flexibility index (Phi) is 2.46. The number of aliphatic hydroxyl groups excluding tert-OH is 1. The van der Waals surface area contributed by atoms with Gasteiger partial charge in [-0.05, 0) is 22.0 Å². The van der Waals surface area contributed by atoms with Crippen molar-refractivity contribution in [3.63, 3.8) is 0 Å². The Morgan fingerprint density at radius 2 is 2.09 bits per heavy atom. The molecule has 0 aliphatic heterocycles. The monoisotopic (exact) mass is 220 g/mol. The Labute approximate surface area is 71.4 Å². The van der Waals surface area contributed by atoms with Crippen LogP contribution in [-0.4, -0.2) is 10.2 Å². The van der Waals surface area contributed by atoms with Crippen molar-refractivity contribution in [2.24, 2.45) is 0 Å². The van der Waals surface area contributed by atoms with Gasteiger partial charge in [0.15, 0.2) is 11.6 Å². The van der Waals surface area contributed by atoms with Gasteiger partial charge >= 0.3 is 0 Å². The van der Waals surface area contributed by atoms with Crippen LogP contribution in [0, 0.1) is 5.82 Å². The summed E-state index contributed by atoms with van der Waals surface area (Å²) in [6, 6.07) is 2.88. The summed E-state index contributed by atoms with van der Waals surface area (Å²) in [4.78, 5) is 0. The molecule has 0 spiro atoms. The summed E-state index contributed by atoms with van der Waals surface area (Å²) in [5, 5.41) is 17.6. The van der Waals surface area contributed by atoms with Gasteiger partial charge in [-0.1, -0.05) is 6.07 Å². The lowest BCUT2D eigenvalue weighted by atomic mass is 10.2. The van der Waals surface area contributed by atoms with Crippen molar-refractivity contribution in [1.82, 2.24) is 0 Å². The first-order valence-corrected chi connectivity index (χ1v) is 3.73. The molecule has 0 unspecified atom stereocenters. The first-order valence-electron chi connectivity index (χ1n) is 2.93. The van der Waals surface area contributed by atoms with Gasteiger partial charge in [-0.3, -0.25) is 0 Å². The molecular weight excluding hydrogens is 215 g/mol. The van der Waals surface area contributed by atoms with Gasteiger partial charge in [-0.25, -0.2) is 4.39 Å². The van der Waals surface area contributed by atoms with E-state index < -0.39 is 11.6 Å². The third-order valence-corrected chi connectivity index (χ3v) is 1.94. The molecule has 0 atom stereocenters. The minimum Gasteiger partial charge on any atom is -0.505 e. The van der Waals surface area contributed by atoms with Crippen molar-refractivity contribution in [3.8, 4) is 5.75 Å². The predicted molar refractivity (Wildman–Crippen MR) is 41.7 cm³/mol. The van der Waals surface area contributed by atoms with Crippen LogP contribution in [0.3, 0.4) is 0 Å². The lowest BCUT2D eigenvalue weighted by molar-refractivity contribution is 0.273. The van der Waals surface area contributed by atoms with Gasteiger partial charge in [-0.2, -0.15) is 0 Å². The van der Waals surface area contributed by atoms with Gasteiger partial charge in [0.25, 0.3) is 0 Å². The van der Waals surface area contributed by atoms with Crippen LogP contribution in [0.5, 0.6) is 5.75 Å². The van der Waals surface area contributed by atoms with Crippen molar-refractivity contribution >= 4 is 15.9 Å². The highest BCUT2D eigenvalue weighted by molar-refractivity contribution is 9.10. The molecule has 0 saturated carbocycles. The number of aliphatic hydroxyl groups is 1. The summed E-state index contributed by atoms with van der Waals surface area (Å²) in [6.45, 7) is -0.365. The fraction of sp³-hybridized carbons (Fsp3) is 0.143. The first-order chi connectivity index (χ1) is 5.16. The van der Waals surface area contributed by atoms with Crippen LogP contribution in [0.4, 0.5) is 4.39 Å². The summed E-state index contributed by atoms with van der Waals surface area (Å²) in [7, 11) is 0. The predicted octanol–water partition coefficient (Wildman–Crippen LogP) is 1.79. The zero-order valence-electron chi connectivity index (χ0n) is 5.51. The van der Waals surface area contributed by atoms with E-state index in [0.717, 1.165) is 0 Å². The average molecular weight is 221 g/mol. The summed E-state index contributed by atoms with van der Waals surface area (Å²) in [5.74, 6) is -1.24. The van der Waals surface area contributed by atoms with Gasteiger partial charge in [0.2, 0.25) is 0 Å². The second kappa shape index (κ2) is 3.19. The second-order valence-electron chi connectivity index (χ2n) is 2.03. The van der Waals surface area contributed by atoms with Gasteiger partial charge in [-0.15, -0.1) is 0 Å². The van der Waals surface area contributed by atoms with Crippen LogP contribution in [-0.2, 0) is 6.61 Å². The molecular formula is C7H6BrFO2. The quantitative estimate of drug-likeness (QED) is 0.758. The van der Waals surface area contributed by atoms with Crippen molar-refractivity contribution in [2.45, 2.75) is 6.61 Å².